The minimum Gasteiger partial charge on any atom is -0.467 e. The number of amides is 3. The van der Waals surface area contributed by atoms with Gasteiger partial charge in [-0.15, -0.1) is 0 Å². The van der Waals surface area contributed by atoms with Gasteiger partial charge in [-0.1, -0.05) is 30.3 Å². The Balaban J connectivity index is 2.86. The number of rotatable bonds is 9. The summed E-state index contributed by atoms with van der Waals surface area (Å²) in [4.78, 5) is 48.8. The van der Waals surface area contributed by atoms with E-state index in [0.717, 1.165) is 12.7 Å². The predicted octanol–water partition coefficient (Wildman–Crippen LogP) is 0.277. The van der Waals surface area contributed by atoms with E-state index in [9.17, 15) is 24.3 Å². The molecule has 0 radical (unpaired) electrons. The van der Waals surface area contributed by atoms with Crippen molar-refractivity contribution in [3.63, 3.8) is 0 Å². The second-order valence-electron chi connectivity index (χ2n) is 7.89. The number of carbonyl (C=O) groups is 4. The second kappa shape index (κ2) is 11.9. The molecule has 0 heterocycles. The summed E-state index contributed by atoms with van der Waals surface area (Å²) in [5.74, 6) is -2.13. The number of ether oxygens (including phenoxy) is 2. The first-order valence-corrected chi connectivity index (χ1v) is 9.79. The van der Waals surface area contributed by atoms with Gasteiger partial charge in [0, 0.05) is 6.42 Å². The predicted molar refractivity (Wildman–Crippen MR) is 112 cm³/mol. The highest BCUT2D eigenvalue weighted by Crippen LogP contribution is 2.09. The van der Waals surface area contributed by atoms with Gasteiger partial charge in [0.15, 0.2) is 6.04 Å². The Hall–Kier alpha value is -3.14. The van der Waals surface area contributed by atoms with Crippen molar-refractivity contribution in [1.82, 2.24) is 16.0 Å². The number of hydrogen-bond acceptors (Lipinski definition) is 7. The summed E-state index contributed by atoms with van der Waals surface area (Å²) in [5.41, 5.74) is 0.0416. The number of hydrogen-bond donors (Lipinski definition) is 4. The van der Waals surface area contributed by atoms with Gasteiger partial charge in [0.25, 0.3) is 0 Å². The largest absolute Gasteiger partial charge is 0.467 e. The van der Waals surface area contributed by atoms with Crippen molar-refractivity contribution in [2.45, 2.75) is 57.8 Å². The molecule has 1 aromatic carbocycles. The summed E-state index contributed by atoms with van der Waals surface area (Å²) >= 11 is 0. The van der Waals surface area contributed by atoms with Gasteiger partial charge < -0.3 is 30.5 Å². The minimum atomic E-state index is -1.25. The van der Waals surface area contributed by atoms with Crippen LogP contribution in [0.25, 0.3) is 0 Å². The number of esters is 1. The van der Waals surface area contributed by atoms with Gasteiger partial charge >= 0.3 is 12.1 Å². The van der Waals surface area contributed by atoms with Crippen molar-refractivity contribution < 1.29 is 33.8 Å². The Labute approximate surface area is 181 Å². The molecule has 31 heavy (non-hydrogen) atoms. The van der Waals surface area contributed by atoms with Gasteiger partial charge in [0.2, 0.25) is 11.8 Å². The fraction of sp³-hybridized carbons (Fsp3) is 0.524. The average Bonchev–Trinajstić information content (AvgIpc) is 2.69. The average molecular weight is 437 g/mol. The first-order valence-electron chi connectivity index (χ1n) is 9.79. The van der Waals surface area contributed by atoms with E-state index in [0.29, 0.717) is 0 Å². The molecule has 3 amide bonds. The van der Waals surface area contributed by atoms with Crippen molar-refractivity contribution in [1.29, 1.82) is 0 Å². The third kappa shape index (κ3) is 9.47. The summed E-state index contributed by atoms with van der Waals surface area (Å²) in [6, 6.07) is 5.71. The Morgan fingerprint density at radius 2 is 1.58 bits per heavy atom. The molecule has 10 nitrogen and oxygen atoms in total. The number of benzene rings is 1. The van der Waals surface area contributed by atoms with Crippen LogP contribution in [0.1, 0.15) is 33.3 Å². The van der Waals surface area contributed by atoms with E-state index in [1.165, 1.54) is 6.92 Å². The molecule has 0 aliphatic rings. The van der Waals surface area contributed by atoms with E-state index in [1.54, 1.807) is 45.0 Å². The first-order chi connectivity index (χ1) is 14.5. The SMILES string of the molecule is COC(=O)[C@H](CO)NC(=O)[C@@H](C)NC(=O)[C@@H](Cc1ccccc1)NC(=O)OC(C)(C)C. The Morgan fingerprint density at radius 3 is 2.10 bits per heavy atom. The van der Waals surface area contributed by atoms with Crippen molar-refractivity contribution in [2.24, 2.45) is 0 Å². The van der Waals surface area contributed by atoms with Crippen molar-refractivity contribution in [3.05, 3.63) is 35.9 Å². The zero-order valence-corrected chi connectivity index (χ0v) is 18.4. The fourth-order valence-corrected chi connectivity index (χ4v) is 2.51. The summed E-state index contributed by atoms with van der Waals surface area (Å²) in [5, 5.41) is 16.5. The van der Waals surface area contributed by atoms with Gasteiger partial charge in [-0.25, -0.2) is 9.59 Å². The van der Waals surface area contributed by atoms with Crippen LogP contribution in [-0.2, 0) is 30.3 Å². The molecule has 0 aliphatic carbocycles. The van der Waals surface area contributed by atoms with Gasteiger partial charge in [-0.05, 0) is 33.3 Å². The molecule has 3 atom stereocenters. The lowest BCUT2D eigenvalue weighted by Gasteiger charge is -2.25. The minimum absolute atomic E-state index is 0.168. The van der Waals surface area contributed by atoms with E-state index in [1.807, 2.05) is 6.07 Å². The standard InChI is InChI=1S/C21H31N3O7/c1-13(17(26)23-16(12-25)19(28)30-5)22-18(27)15(11-14-9-7-6-8-10-14)24-20(29)31-21(2,3)4/h6-10,13,15-16,25H,11-12H2,1-5H3,(H,22,27)(H,23,26)(H,24,29)/t13-,15-,16+/m1/s1. The molecule has 0 saturated carbocycles. The van der Waals surface area contributed by atoms with Crippen LogP contribution >= 0.6 is 0 Å². The third-order valence-electron chi connectivity index (χ3n) is 4.03. The Kier molecular flexibility index (Phi) is 9.94. The lowest BCUT2D eigenvalue weighted by molar-refractivity contribution is -0.146. The molecule has 0 unspecified atom stereocenters. The van der Waals surface area contributed by atoms with Crippen molar-refractivity contribution in [2.75, 3.05) is 13.7 Å². The van der Waals surface area contributed by atoms with Crippen LogP contribution in [0.3, 0.4) is 0 Å². The summed E-state index contributed by atoms with van der Waals surface area (Å²) < 4.78 is 9.72. The molecule has 0 spiro atoms. The molecule has 1 aromatic rings. The van der Waals surface area contributed by atoms with E-state index in [2.05, 4.69) is 20.7 Å². The first kappa shape index (κ1) is 25.9. The Bertz CT molecular complexity index is 762. The number of aliphatic hydroxyl groups excluding tert-OH is 1. The molecule has 0 aromatic heterocycles. The Morgan fingerprint density at radius 1 is 0.968 bits per heavy atom. The summed E-state index contributed by atoms with van der Waals surface area (Å²) in [6.07, 6.45) is -0.603. The van der Waals surface area contributed by atoms with Crippen LogP contribution in [0.2, 0.25) is 0 Å². The van der Waals surface area contributed by atoms with Crippen LogP contribution in [-0.4, -0.2) is 66.4 Å². The van der Waals surface area contributed by atoms with Crippen molar-refractivity contribution >= 4 is 23.9 Å². The maximum atomic E-state index is 12.8. The van der Waals surface area contributed by atoms with Gasteiger partial charge in [0.05, 0.1) is 13.7 Å². The number of aliphatic hydroxyl groups is 1. The van der Waals surface area contributed by atoms with Crippen LogP contribution < -0.4 is 16.0 Å². The van der Waals surface area contributed by atoms with Crippen LogP contribution in [0.4, 0.5) is 4.79 Å². The number of alkyl carbamates (subject to hydrolysis) is 1. The maximum absolute atomic E-state index is 12.8. The monoisotopic (exact) mass is 437 g/mol. The molecule has 4 N–H and O–H groups in total. The van der Waals surface area contributed by atoms with E-state index in [4.69, 9.17) is 4.74 Å². The molecular weight excluding hydrogens is 406 g/mol. The molecule has 0 bridgehead atoms. The normalized spacial score (nSPS) is 13.9. The van der Waals surface area contributed by atoms with Gasteiger partial charge in [-0.3, -0.25) is 9.59 Å². The van der Waals surface area contributed by atoms with Gasteiger partial charge in [-0.2, -0.15) is 0 Å². The van der Waals surface area contributed by atoms with Gasteiger partial charge in [0.1, 0.15) is 17.7 Å². The maximum Gasteiger partial charge on any atom is 0.408 e. The molecule has 172 valence electrons. The lowest BCUT2D eigenvalue weighted by atomic mass is 10.0. The number of nitrogens with one attached hydrogen (secondary N) is 3. The smallest absolute Gasteiger partial charge is 0.408 e. The van der Waals surface area contributed by atoms with E-state index < -0.39 is 54.2 Å². The van der Waals surface area contributed by atoms with E-state index >= 15 is 0 Å². The molecule has 10 heteroatoms. The number of carbonyl (C=O) groups excluding carboxylic acids is 4. The topological polar surface area (TPSA) is 143 Å². The fourth-order valence-electron chi connectivity index (χ4n) is 2.51. The highest BCUT2D eigenvalue weighted by atomic mass is 16.6. The molecule has 0 fully saturated rings. The summed E-state index contributed by atoms with van der Waals surface area (Å²) in [7, 11) is 1.12. The lowest BCUT2D eigenvalue weighted by Crippen LogP contribution is -2.56. The van der Waals surface area contributed by atoms with E-state index in [-0.39, 0.29) is 6.42 Å². The highest BCUT2D eigenvalue weighted by Gasteiger charge is 2.28. The quantitative estimate of drug-likeness (QED) is 0.406. The van der Waals surface area contributed by atoms with Crippen LogP contribution in [0, 0.1) is 0 Å². The zero-order valence-electron chi connectivity index (χ0n) is 18.4. The molecule has 1 rings (SSSR count). The highest BCUT2D eigenvalue weighted by molar-refractivity contribution is 5.93. The molecule has 0 aliphatic heterocycles. The third-order valence-corrected chi connectivity index (χ3v) is 4.03. The van der Waals surface area contributed by atoms with Crippen LogP contribution in [0.15, 0.2) is 30.3 Å². The zero-order chi connectivity index (χ0) is 23.6. The number of methoxy groups -OCH3 is 1. The van der Waals surface area contributed by atoms with Crippen LogP contribution in [0.5, 0.6) is 0 Å². The summed E-state index contributed by atoms with van der Waals surface area (Å²) in [6.45, 7) is 5.85. The molecular formula is C21H31N3O7. The second-order valence-corrected chi connectivity index (χ2v) is 7.89. The molecule has 0 saturated heterocycles. The van der Waals surface area contributed by atoms with Crippen molar-refractivity contribution in [3.8, 4) is 0 Å².